The predicted octanol–water partition coefficient (Wildman–Crippen LogP) is 7.69. The molecule has 40 heavy (non-hydrogen) atoms. The van der Waals surface area contributed by atoms with E-state index in [2.05, 4.69) is 107 Å². The van der Waals surface area contributed by atoms with E-state index in [1.54, 1.807) is 0 Å². The number of hydrogen-bond donors (Lipinski definition) is 0. The van der Waals surface area contributed by atoms with E-state index in [1.165, 1.54) is 12.1 Å². The van der Waals surface area contributed by atoms with E-state index in [4.69, 9.17) is 5.26 Å². The Bertz CT molecular complexity index is 1480. The van der Waals surface area contributed by atoms with E-state index in [0.717, 1.165) is 51.6 Å². The van der Waals surface area contributed by atoms with Crippen molar-refractivity contribution in [2.24, 2.45) is 5.92 Å². The van der Waals surface area contributed by atoms with Gasteiger partial charge in [0.25, 0.3) is 0 Å². The molecule has 0 unspecified atom stereocenters. The summed E-state index contributed by atoms with van der Waals surface area (Å²) in [4.78, 5) is 4.18. The summed E-state index contributed by atoms with van der Waals surface area (Å²) in [6.07, 6.45) is 4.81. The van der Waals surface area contributed by atoms with Crippen molar-refractivity contribution < 1.29 is 8.96 Å². The number of pyridine rings is 1. The summed E-state index contributed by atoms with van der Waals surface area (Å²) >= 11 is 0. The molecule has 0 aliphatic carbocycles. The summed E-state index contributed by atoms with van der Waals surface area (Å²) in [5.74, 6) is 0.178. The predicted molar refractivity (Wildman–Crippen MR) is 166 cm³/mol. The number of nitrogens with zero attached hydrogens (tertiary/aromatic N) is 4. The second-order valence-corrected chi connectivity index (χ2v) is 10.8. The molecule has 204 valence electrons. The number of halogens is 1. The summed E-state index contributed by atoms with van der Waals surface area (Å²) in [5, 5.41) is 8.94. The average molecular weight is 534 g/mol. The van der Waals surface area contributed by atoms with Gasteiger partial charge in [0.15, 0.2) is 6.54 Å². The van der Waals surface area contributed by atoms with Gasteiger partial charge in [-0.15, -0.1) is 0 Å². The minimum Gasteiger partial charge on any atom is -0.378 e. The second-order valence-electron chi connectivity index (χ2n) is 10.8. The van der Waals surface area contributed by atoms with Gasteiger partial charge in [-0.1, -0.05) is 38.1 Å². The zero-order chi connectivity index (χ0) is 28.6. The van der Waals surface area contributed by atoms with Gasteiger partial charge in [0.2, 0.25) is 11.4 Å². The molecular formula is C35H38FN4+. The number of nitriles is 1. The third kappa shape index (κ3) is 7.15. The van der Waals surface area contributed by atoms with Crippen molar-refractivity contribution in [2.45, 2.75) is 26.8 Å². The van der Waals surface area contributed by atoms with Gasteiger partial charge < -0.3 is 9.80 Å². The number of anilines is 2. The molecule has 5 heteroatoms. The van der Waals surface area contributed by atoms with Crippen molar-refractivity contribution in [3.63, 3.8) is 0 Å². The monoisotopic (exact) mass is 533 g/mol. The van der Waals surface area contributed by atoms with Crippen LogP contribution in [0.25, 0.3) is 34.5 Å². The van der Waals surface area contributed by atoms with Crippen molar-refractivity contribution in [1.82, 2.24) is 0 Å². The molecule has 1 aromatic heterocycles. The Morgan fingerprint density at radius 3 is 2.02 bits per heavy atom. The first-order valence-electron chi connectivity index (χ1n) is 13.7. The van der Waals surface area contributed by atoms with Crippen molar-refractivity contribution in [3.8, 4) is 28.5 Å². The molecule has 1 heterocycles. The average Bonchev–Trinajstić information content (AvgIpc) is 2.95. The molecule has 4 aromatic rings. The third-order valence-corrected chi connectivity index (χ3v) is 6.94. The summed E-state index contributed by atoms with van der Waals surface area (Å²) in [5.41, 5.74) is 8.65. The highest BCUT2D eigenvalue weighted by Gasteiger charge is 2.21. The maximum atomic E-state index is 13.9. The number of aromatic nitrogens is 1. The Labute approximate surface area is 238 Å². The van der Waals surface area contributed by atoms with Crippen molar-refractivity contribution in [1.29, 1.82) is 5.26 Å². The Kier molecular flexibility index (Phi) is 9.35. The first-order valence-corrected chi connectivity index (χ1v) is 13.7. The second kappa shape index (κ2) is 13.1. The summed E-state index contributed by atoms with van der Waals surface area (Å²) in [7, 11) is 6.09. The van der Waals surface area contributed by atoms with Crippen molar-refractivity contribution >= 4 is 23.5 Å². The van der Waals surface area contributed by atoms with Crippen LogP contribution in [0.3, 0.4) is 0 Å². The standard InChI is InChI=1S/C35H38FN4/c1-26(2)25-40-34(18-9-27-7-16-32(17-8-27)38(3)4)23-30(24-35(40)29-10-14-31(36)15-11-29)28-12-19-33(20-13-28)39(5)22-6-21-37/h7-20,23-24,26H,6,22,25H2,1-5H3/q+1. The minimum absolute atomic E-state index is 0.243. The minimum atomic E-state index is -0.243. The van der Waals surface area contributed by atoms with E-state index in [1.807, 2.05) is 33.3 Å². The van der Waals surface area contributed by atoms with E-state index >= 15 is 0 Å². The van der Waals surface area contributed by atoms with Gasteiger partial charge in [-0.2, -0.15) is 9.83 Å². The van der Waals surface area contributed by atoms with Crippen LogP contribution in [0.4, 0.5) is 15.8 Å². The first kappa shape index (κ1) is 28.6. The van der Waals surface area contributed by atoms with Crippen molar-refractivity contribution in [2.75, 3.05) is 37.5 Å². The fourth-order valence-corrected chi connectivity index (χ4v) is 4.70. The van der Waals surface area contributed by atoms with Gasteiger partial charge in [-0.05, 0) is 71.3 Å². The van der Waals surface area contributed by atoms with E-state index in [0.29, 0.717) is 18.9 Å². The fraction of sp³-hybridized carbons (Fsp3) is 0.257. The quantitative estimate of drug-likeness (QED) is 0.196. The molecule has 0 aliphatic heterocycles. The fourth-order valence-electron chi connectivity index (χ4n) is 4.70. The first-order chi connectivity index (χ1) is 19.2. The number of hydrogen-bond acceptors (Lipinski definition) is 3. The van der Waals surface area contributed by atoms with Crippen LogP contribution in [-0.4, -0.2) is 27.7 Å². The molecule has 0 amide bonds. The Hall–Kier alpha value is -4.43. The van der Waals surface area contributed by atoms with Crippen LogP contribution in [-0.2, 0) is 6.54 Å². The van der Waals surface area contributed by atoms with Gasteiger partial charge in [-0.25, -0.2) is 4.39 Å². The van der Waals surface area contributed by atoms with Crippen LogP contribution < -0.4 is 14.4 Å². The summed E-state index contributed by atoms with van der Waals surface area (Å²) in [6.45, 7) is 5.94. The smallest absolute Gasteiger partial charge is 0.213 e. The van der Waals surface area contributed by atoms with E-state index in [9.17, 15) is 4.39 Å². The maximum Gasteiger partial charge on any atom is 0.213 e. The highest BCUT2D eigenvalue weighted by Crippen LogP contribution is 2.28. The Morgan fingerprint density at radius 1 is 0.800 bits per heavy atom. The molecule has 0 spiro atoms. The maximum absolute atomic E-state index is 13.9. The largest absolute Gasteiger partial charge is 0.378 e. The molecule has 0 aliphatic rings. The lowest BCUT2D eigenvalue weighted by atomic mass is 9.99. The van der Waals surface area contributed by atoms with Crippen LogP contribution >= 0.6 is 0 Å². The lowest BCUT2D eigenvalue weighted by molar-refractivity contribution is -0.693. The highest BCUT2D eigenvalue weighted by atomic mass is 19.1. The lowest BCUT2D eigenvalue weighted by Crippen LogP contribution is -2.41. The summed E-state index contributed by atoms with van der Waals surface area (Å²) < 4.78 is 16.2. The topological polar surface area (TPSA) is 34.1 Å². The Morgan fingerprint density at radius 2 is 1.43 bits per heavy atom. The highest BCUT2D eigenvalue weighted by molar-refractivity contribution is 5.75. The molecule has 0 fully saturated rings. The lowest BCUT2D eigenvalue weighted by Gasteiger charge is -2.18. The SMILES string of the molecule is CC(C)C[n+]1c(/C=C/c2ccc(N(C)C)cc2)cc(-c2ccc(N(C)CCC#N)cc2)cc1-c1ccc(F)cc1. The number of rotatable bonds is 10. The van der Waals surface area contributed by atoms with Crippen LogP contribution in [0.5, 0.6) is 0 Å². The van der Waals surface area contributed by atoms with Crippen LogP contribution in [0, 0.1) is 23.1 Å². The van der Waals surface area contributed by atoms with Crippen LogP contribution in [0.1, 0.15) is 31.5 Å². The molecule has 0 saturated heterocycles. The molecule has 4 rings (SSSR count). The van der Waals surface area contributed by atoms with E-state index in [-0.39, 0.29) is 5.82 Å². The zero-order valence-corrected chi connectivity index (χ0v) is 24.1. The van der Waals surface area contributed by atoms with Crippen LogP contribution in [0.2, 0.25) is 0 Å². The van der Waals surface area contributed by atoms with Crippen molar-refractivity contribution in [3.05, 3.63) is 102 Å². The normalized spacial score (nSPS) is 11.2. The van der Waals surface area contributed by atoms with Gasteiger partial charge >= 0.3 is 0 Å². The molecule has 4 nitrogen and oxygen atoms in total. The molecule has 0 radical (unpaired) electrons. The van der Waals surface area contributed by atoms with Gasteiger partial charge in [-0.3, -0.25) is 0 Å². The van der Waals surface area contributed by atoms with Crippen LogP contribution in [0.15, 0.2) is 84.9 Å². The Balaban J connectivity index is 1.82. The molecule has 0 bridgehead atoms. The molecular weight excluding hydrogens is 495 g/mol. The van der Waals surface area contributed by atoms with Gasteiger partial charge in [0.05, 0.1) is 12.5 Å². The van der Waals surface area contributed by atoms with Gasteiger partial charge in [0, 0.05) is 68.8 Å². The summed E-state index contributed by atoms with van der Waals surface area (Å²) in [6, 6.07) is 30.4. The van der Waals surface area contributed by atoms with Gasteiger partial charge in [0.1, 0.15) is 5.82 Å². The molecule has 0 atom stereocenters. The molecule has 3 aromatic carbocycles. The van der Waals surface area contributed by atoms with E-state index < -0.39 is 0 Å². The molecule has 0 N–H and O–H groups in total. The molecule has 0 saturated carbocycles. The zero-order valence-electron chi connectivity index (χ0n) is 24.1. The number of benzene rings is 3. The third-order valence-electron chi connectivity index (χ3n) is 6.94.